The maximum Gasteiger partial charge on any atom is 0.335 e. The van der Waals surface area contributed by atoms with Crippen molar-refractivity contribution in [2.24, 2.45) is 0 Å². The number of hydrogen-bond acceptors (Lipinski definition) is 3. The molecule has 0 aliphatic rings. The summed E-state index contributed by atoms with van der Waals surface area (Å²) in [5.74, 6) is -0.204. The Hall–Kier alpha value is -2.82. The number of fused-ring (bicyclic) bond motifs is 1. The molecular weight excluding hydrogens is 256 g/mol. The topological polar surface area (TPSA) is 75.2 Å². The van der Waals surface area contributed by atoms with Gasteiger partial charge in [-0.3, -0.25) is 4.98 Å². The van der Waals surface area contributed by atoms with Crippen LogP contribution in [0.15, 0.2) is 42.6 Å². The highest BCUT2D eigenvalue weighted by Crippen LogP contribution is 2.26. The van der Waals surface area contributed by atoms with Gasteiger partial charge in [-0.05, 0) is 30.3 Å². The predicted molar refractivity (Wildman–Crippen MR) is 75.0 cm³/mol. The number of pyridine rings is 1. The lowest BCUT2D eigenvalue weighted by Gasteiger charge is -1.99. The van der Waals surface area contributed by atoms with E-state index in [1.54, 1.807) is 13.2 Å². The number of ether oxygens (including phenoxy) is 1. The van der Waals surface area contributed by atoms with Crippen LogP contribution < -0.4 is 4.74 Å². The molecule has 20 heavy (non-hydrogen) atoms. The fourth-order valence-electron chi connectivity index (χ4n) is 2.08. The lowest BCUT2D eigenvalue weighted by atomic mass is 10.2. The van der Waals surface area contributed by atoms with E-state index in [-0.39, 0.29) is 5.56 Å². The Labute approximate surface area is 114 Å². The molecule has 0 spiro atoms. The third-order valence-electron chi connectivity index (χ3n) is 3.11. The standard InChI is InChI=1S/C15H12N2O3/c1-20-11-3-2-9-6-14(17-12(9)8-11)13-7-10(15(18)19)4-5-16-13/h2-8,17H,1H3,(H,18,19). The normalized spacial score (nSPS) is 10.7. The first-order valence-corrected chi connectivity index (χ1v) is 6.04. The number of aromatic nitrogens is 2. The van der Waals surface area contributed by atoms with E-state index in [1.165, 1.54) is 12.3 Å². The van der Waals surface area contributed by atoms with Crippen LogP contribution in [-0.2, 0) is 0 Å². The summed E-state index contributed by atoms with van der Waals surface area (Å²) >= 11 is 0. The fraction of sp³-hybridized carbons (Fsp3) is 0.0667. The molecule has 0 radical (unpaired) electrons. The summed E-state index contributed by atoms with van der Waals surface area (Å²) in [5.41, 5.74) is 2.50. The number of nitrogens with one attached hydrogen (secondary N) is 1. The van der Waals surface area contributed by atoms with Gasteiger partial charge >= 0.3 is 5.97 Å². The van der Waals surface area contributed by atoms with Crippen molar-refractivity contribution in [1.29, 1.82) is 0 Å². The van der Waals surface area contributed by atoms with E-state index >= 15 is 0 Å². The van der Waals surface area contributed by atoms with Crippen LogP contribution in [0.25, 0.3) is 22.3 Å². The first kappa shape index (κ1) is 12.2. The van der Waals surface area contributed by atoms with Gasteiger partial charge in [0.1, 0.15) is 5.75 Å². The maximum absolute atomic E-state index is 11.0. The number of aromatic carboxylic acids is 1. The van der Waals surface area contributed by atoms with Crippen molar-refractivity contribution in [3.63, 3.8) is 0 Å². The van der Waals surface area contributed by atoms with Crippen LogP contribution in [-0.4, -0.2) is 28.2 Å². The molecule has 3 rings (SSSR count). The molecular formula is C15H12N2O3. The van der Waals surface area contributed by atoms with Crippen molar-refractivity contribution in [2.75, 3.05) is 7.11 Å². The first-order valence-electron chi connectivity index (χ1n) is 6.04. The summed E-state index contributed by atoms with van der Waals surface area (Å²) < 4.78 is 5.17. The number of carbonyl (C=O) groups is 1. The van der Waals surface area contributed by atoms with Gasteiger partial charge in [0.15, 0.2) is 0 Å². The van der Waals surface area contributed by atoms with Gasteiger partial charge in [-0.15, -0.1) is 0 Å². The Morgan fingerprint density at radius 3 is 2.85 bits per heavy atom. The zero-order valence-corrected chi connectivity index (χ0v) is 10.8. The summed E-state index contributed by atoms with van der Waals surface area (Å²) in [6, 6.07) is 10.7. The molecule has 0 aliphatic carbocycles. The van der Waals surface area contributed by atoms with Crippen LogP contribution in [0.2, 0.25) is 0 Å². The Kier molecular flexibility index (Phi) is 2.87. The zero-order chi connectivity index (χ0) is 14.1. The molecule has 0 amide bonds. The van der Waals surface area contributed by atoms with E-state index in [4.69, 9.17) is 9.84 Å². The van der Waals surface area contributed by atoms with Gasteiger partial charge in [0.05, 0.1) is 24.1 Å². The summed E-state index contributed by atoms with van der Waals surface area (Å²) in [6.45, 7) is 0. The minimum absolute atomic E-state index is 0.214. The minimum atomic E-state index is -0.966. The van der Waals surface area contributed by atoms with Crippen LogP contribution in [0.4, 0.5) is 0 Å². The van der Waals surface area contributed by atoms with Gasteiger partial charge in [0.25, 0.3) is 0 Å². The second-order valence-corrected chi connectivity index (χ2v) is 4.37. The van der Waals surface area contributed by atoms with Gasteiger partial charge < -0.3 is 14.8 Å². The summed E-state index contributed by atoms with van der Waals surface area (Å²) in [6.07, 6.45) is 1.49. The maximum atomic E-state index is 11.0. The van der Waals surface area contributed by atoms with Crippen LogP contribution in [0.5, 0.6) is 5.75 Å². The molecule has 2 heterocycles. The van der Waals surface area contributed by atoms with Crippen LogP contribution >= 0.6 is 0 Å². The third kappa shape index (κ3) is 2.09. The number of nitrogens with zero attached hydrogens (tertiary/aromatic N) is 1. The van der Waals surface area contributed by atoms with E-state index in [1.807, 2.05) is 24.3 Å². The Morgan fingerprint density at radius 1 is 1.25 bits per heavy atom. The molecule has 1 aromatic carbocycles. The molecule has 5 heteroatoms. The molecule has 3 aromatic rings. The van der Waals surface area contributed by atoms with Crippen molar-refractivity contribution >= 4 is 16.9 Å². The Bertz CT molecular complexity index is 793. The van der Waals surface area contributed by atoms with Gasteiger partial charge in [-0.2, -0.15) is 0 Å². The highest BCUT2D eigenvalue weighted by molar-refractivity contribution is 5.90. The molecule has 0 bridgehead atoms. The number of aromatic amines is 1. The van der Waals surface area contributed by atoms with Crippen molar-refractivity contribution in [2.45, 2.75) is 0 Å². The number of carboxylic acid groups (broad SMARTS) is 1. The molecule has 0 fully saturated rings. The van der Waals surface area contributed by atoms with E-state index in [0.717, 1.165) is 22.3 Å². The molecule has 2 aromatic heterocycles. The van der Waals surface area contributed by atoms with E-state index in [2.05, 4.69) is 9.97 Å². The minimum Gasteiger partial charge on any atom is -0.497 e. The van der Waals surface area contributed by atoms with E-state index in [9.17, 15) is 4.79 Å². The summed E-state index contributed by atoms with van der Waals surface area (Å²) in [4.78, 5) is 18.4. The zero-order valence-electron chi connectivity index (χ0n) is 10.8. The van der Waals surface area contributed by atoms with Gasteiger partial charge in [0.2, 0.25) is 0 Å². The Morgan fingerprint density at radius 2 is 2.10 bits per heavy atom. The van der Waals surface area contributed by atoms with Crippen molar-refractivity contribution in [3.8, 4) is 17.1 Å². The van der Waals surface area contributed by atoms with Crippen LogP contribution in [0, 0.1) is 0 Å². The van der Waals surface area contributed by atoms with E-state index in [0.29, 0.717) is 5.69 Å². The second-order valence-electron chi connectivity index (χ2n) is 4.37. The molecule has 0 atom stereocenters. The number of hydrogen-bond donors (Lipinski definition) is 2. The third-order valence-corrected chi connectivity index (χ3v) is 3.11. The molecule has 100 valence electrons. The second kappa shape index (κ2) is 4.70. The monoisotopic (exact) mass is 268 g/mol. The van der Waals surface area contributed by atoms with Crippen molar-refractivity contribution in [1.82, 2.24) is 9.97 Å². The van der Waals surface area contributed by atoms with Crippen LogP contribution in [0.1, 0.15) is 10.4 Å². The first-order chi connectivity index (χ1) is 9.67. The molecule has 2 N–H and O–H groups in total. The number of rotatable bonds is 3. The highest BCUT2D eigenvalue weighted by Gasteiger charge is 2.09. The smallest absolute Gasteiger partial charge is 0.335 e. The average Bonchev–Trinajstić information content (AvgIpc) is 2.90. The van der Waals surface area contributed by atoms with Gasteiger partial charge in [0, 0.05) is 23.2 Å². The van der Waals surface area contributed by atoms with Gasteiger partial charge in [-0.1, -0.05) is 0 Å². The lowest BCUT2D eigenvalue weighted by Crippen LogP contribution is -1.97. The molecule has 0 saturated carbocycles. The quantitative estimate of drug-likeness (QED) is 0.765. The molecule has 0 saturated heterocycles. The summed E-state index contributed by atoms with van der Waals surface area (Å²) in [7, 11) is 1.61. The van der Waals surface area contributed by atoms with Crippen molar-refractivity contribution in [3.05, 3.63) is 48.2 Å². The molecule has 5 nitrogen and oxygen atoms in total. The predicted octanol–water partition coefficient (Wildman–Crippen LogP) is 2.94. The Balaban J connectivity index is 2.10. The SMILES string of the molecule is COc1ccc2cc(-c3cc(C(=O)O)ccn3)[nH]c2c1. The number of methoxy groups -OCH3 is 1. The average molecular weight is 268 g/mol. The molecule has 0 aliphatic heterocycles. The van der Waals surface area contributed by atoms with Crippen molar-refractivity contribution < 1.29 is 14.6 Å². The number of benzene rings is 1. The lowest BCUT2D eigenvalue weighted by molar-refractivity contribution is 0.0697. The highest BCUT2D eigenvalue weighted by atomic mass is 16.5. The van der Waals surface area contributed by atoms with Gasteiger partial charge in [-0.25, -0.2) is 4.79 Å². The van der Waals surface area contributed by atoms with Crippen LogP contribution in [0.3, 0.4) is 0 Å². The largest absolute Gasteiger partial charge is 0.497 e. The summed E-state index contributed by atoms with van der Waals surface area (Å²) in [5, 5.41) is 10.0. The number of H-pyrrole nitrogens is 1. The molecule has 0 unspecified atom stereocenters. The fourth-order valence-corrected chi connectivity index (χ4v) is 2.08. The van der Waals surface area contributed by atoms with E-state index < -0.39 is 5.97 Å². The number of carboxylic acids is 1.